The Labute approximate surface area is 197 Å². The minimum Gasteiger partial charge on any atom is -0.507 e. The van der Waals surface area contributed by atoms with E-state index in [1.165, 1.54) is 0 Å². The predicted octanol–water partition coefficient (Wildman–Crippen LogP) is 8.08. The summed E-state index contributed by atoms with van der Waals surface area (Å²) >= 11 is 0. The number of rotatable bonds is 4. The van der Waals surface area contributed by atoms with Gasteiger partial charge in [0, 0.05) is 5.56 Å². The van der Waals surface area contributed by atoms with Gasteiger partial charge in [-0.25, -0.2) is 0 Å². The highest BCUT2D eigenvalue weighted by atomic mass is 16.5. The van der Waals surface area contributed by atoms with Crippen molar-refractivity contribution < 1.29 is 19.7 Å². The summed E-state index contributed by atoms with van der Waals surface area (Å²) in [6, 6.07) is 2.08. The van der Waals surface area contributed by atoms with Crippen molar-refractivity contribution in [3.63, 3.8) is 0 Å². The molecule has 0 aromatic heterocycles. The van der Waals surface area contributed by atoms with Gasteiger partial charge in [0.05, 0.1) is 0 Å². The summed E-state index contributed by atoms with van der Waals surface area (Å²) in [5.41, 5.74) is 9.96. The van der Waals surface area contributed by atoms with E-state index in [2.05, 4.69) is 6.07 Å². The zero-order valence-corrected chi connectivity index (χ0v) is 21.8. The predicted molar refractivity (Wildman–Crippen MR) is 135 cm³/mol. The third kappa shape index (κ3) is 3.92. The molecule has 176 valence electrons. The summed E-state index contributed by atoms with van der Waals surface area (Å²) in [6.45, 7) is 21.6. The van der Waals surface area contributed by atoms with E-state index in [4.69, 9.17) is 9.47 Å². The van der Waals surface area contributed by atoms with Crippen LogP contribution in [0.1, 0.15) is 61.2 Å². The largest absolute Gasteiger partial charge is 0.507 e. The second kappa shape index (κ2) is 8.66. The number of hydrogen-bond donors (Lipinski definition) is 2. The third-order valence-electron chi connectivity index (χ3n) is 7.27. The van der Waals surface area contributed by atoms with Crippen molar-refractivity contribution in [2.45, 2.75) is 76.2 Å². The van der Waals surface area contributed by atoms with Gasteiger partial charge in [0.2, 0.25) is 0 Å². The van der Waals surface area contributed by atoms with E-state index >= 15 is 0 Å². The number of benzene rings is 3. The lowest BCUT2D eigenvalue weighted by Gasteiger charge is -2.23. The van der Waals surface area contributed by atoms with Gasteiger partial charge in [0.15, 0.2) is 0 Å². The van der Waals surface area contributed by atoms with Crippen LogP contribution in [-0.2, 0) is 0 Å². The fourth-order valence-electron chi connectivity index (χ4n) is 4.49. The first kappa shape index (κ1) is 24.5. The van der Waals surface area contributed by atoms with E-state index < -0.39 is 0 Å². The summed E-state index contributed by atoms with van der Waals surface area (Å²) in [7, 11) is 0. The Morgan fingerprint density at radius 2 is 0.667 bits per heavy atom. The smallest absolute Gasteiger partial charge is 0.137 e. The fourth-order valence-corrected chi connectivity index (χ4v) is 4.49. The lowest BCUT2D eigenvalue weighted by Crippen LogP contribution is -2.03. The zero-order chi connectivity index (χ0) is 24.9. The summed E-state index contributed by atoms with van der Waals surface area (Å²) < 4.78 is 13.1. The minimum absolute atomic E-state index is 0.322. The Balaban J connectivity index is 2.18. The van der Waals surface area contributed by atoms with Gasteiger partial charge in [-0.05, 0) is 138 Å². The average molecular weight is 449 g/mol. The number of ether oxygens (including phenoxy) is 2. The molecule has 0 saturated carbocycles. The van der Waals surface area contributed by atoms with Crippen molar-refractivity contribution >= 4 is 0 Å². The van der Waals surface area contributed by atoms with Crippen LogP contribution in [0, 0.1) is 76.2 Å². The molecule has 0 radical (unpaired) electrons. The average Bonchev–Trinajstić information content (AvgIpc) is 2.77. The zero-order valence-electron chi connectivity index (χ0n) is 21.8. The molecule has 4 heteroatoms. The van der Waals surface area contributed by atoms with Crippen LogP contribution >= 0.6 is 0 Å². The van der Waals surface area contributed by atoms with Crippen LogP contribution < -0.4 is 9.47 Å². The first-order chi connectivity index (χ1) is 15.3. The topological polar surface area (TPSA) is 58.9 Å². The molecule has 0 aliphatic heterocycles. The van der Waals surface area contributed by atoms with E-state index in [1.807, 2.05) is 76.2 Å². The molecule has 0 spiro atoms. The molecule has 0 aliphatic carbocycles. The molecule has 0 fully saturated rings. The lowest BCUT2D eigenvalue weighted by molar-refractivity contribution is 0.432. The van der Waals surface area contributed by atoms with E-state index in [-0.39, 0.29) is 0 Å². The van der Waals surface area contributed by atoms with E-state index in [0.717, 1.165) is 84.2 Å². The Bertz CT molecular complexity index is 1130. The maximum absolute atomic E-state index is 10.4. The molecule has 0 amide bonds. The van der Waals surface area contributed by atoms with E-state index in [0.29, 0.717) is 11.5 Å². The van der Waals surface area contributed by atoms with Crippen molar-refractivity contribution in [2.75, 3.05) is 0 Å². The van der Waals surface area contributed by atoms with Crippen molar-refractivity contribution in [3.8, 4) is 34.5 Å². The number of hydrogen-bond acceptors (Lipinski definition) is 4. The number of phenols is 2. The van der Waals surface area contributed by atoms with Gasteiger partial charge in [-0.15, -0.1) is 0 Å². The van der Waals surface area contributed by atoms with Crippen LogP contribution in [0.3, 0.4) is 0 Å². The molecule has 0 saturated heterocycles. The van der Waals surface area contributed by atoms with E-state index in [9.17, 15) is 10.2 Å². The van der Waals surface area contributed by atoms with Gasteiger partial charge < -0.3 is 19.7 Å². The molecule has 0 unspecified atom stereocenters. The Hall–Kier alpha value is -3.14. The number of aromatic hydroxyl groups is 2. The minimum atomic E-state index is 0.322. The third-order valence-corrected chi connectivity index (χ3v) is 7.27. The molecule has 33 heavy (non-hydrogen) atoms. The molecule has 2 N–H and O–H groups in total. The Kier molecular flexibility index (Phi) is 6.43. The summed E-state index contributed by atoms with van der Waals surface area (Å²) in [5.74, 6) is 3.70. The van der Waals surface area contributed by atoms with Gasteiger partial charge in [0.25, 0.3) is 0 Å². The van der Waals surface area contributed by atoms with Crippen molar-refractivity contribution in [3.05, 3.63) is 67.3 Å². The second-order valence-corrected chi connectivity index (χ2v) is 9.35. The molecule has 4 nitrogen and oxygen atoms in total. The van der Waals surface area contributed by atoms with Gasteiger partial charge in [-0.1, -0.05) is 0 Å². The van der Waals surface area contributed by atoms with Crippen molar-refractivity contribution in [1.82, 2.24) is 0 Å². The molecule has 3 aromatic rings. The molecular formula is C29H36O4. The number of phenolic OH excluding ortho intramolecular Hbond substituents is 2. The van der Waals surface area contributed by atoms with Crippen LogP contribution in [0.2, 0.25) is 0 Å². The number of aryl methyl sites for hydroxylation is 2. The van der Waals surface area contributed by atoms with Gasteiger partial charge in [-0.2, -0.15) is 0 Å². The maximum Gasteiger partial charge on any atom is 0.137 e. The quantitative estimate of drug-likeness (QED) is 0.423. The van der Waals surface area contributed by atoms with Crippen LogP contribution in [-0.4, -0.2) is 10.2 Å². The van der Waals surface area contributed by atoms with Gasteiger partial charge in [-0.3, -0.25) is 0 Å². The van der Waals surface area contributed by atoms with Crippen molar-refractivity contribution in [2.24, 2.45) is 0 Å². The van der Waals surface area contributed by atoms with Crippen molar-refractivity contribution in [1.29, 1.82) is 0 Å². The highest BCUT2D eigenvalue weighted by Crippen LogP contribution is 2.45. The Morgan fingerprint density at radius 3 is 0.939 bits per heavy atom. The maximum atomic E-state index is 10.4. The summed E-state index contributed by atoms with van der Waals surface area (Å²) in [4.78, 5) is 0. The van der Waals surface area contributed by atoms with Crippen LogP contribution in [0.5, 0.6) is 34.5 Å². The molecule has 0 aliphatic rings. The first-order valence-corrected chi connectivity index (χ1v) is 11.3. The SMILES string of the molecule is Cc1cc(C)c(Oc2c(C)c(C)c(O)c(C)c2C)c(C)c1Oc1c(C)c(C)c(O)c(C)c1C. The molecule has 0 heterocycles. The molecular weight excluding hydrogens is 412 g/mol. The highest BCUT2D eigenvalue weighted by molar-refractivity contribution is 5.63. The van der Waals surface area contributed by atoms with E-state index in [1.54, 1.807) is 0 Å². The first-order valence-electron chi connectivity index (χ1n) is 11.3. The fraction of sp³-hybridized carbons (Fsp3) is 0.379. The normalized spacial score (nSPS) is 11.1. The highest BCUT2D eigenvalue weighted by Gasteiger charge is 2.22. The Morgan fingerprint density at radius 1 is 0.394 bits per heavy atom. The van der Waals surface area contributed by atoms with Gasteiger partial charge >= 0.3 is 0 Å². The standard InChI is InChI=1S/C29H36O4/c1-13-12-14(2)27(33-29-21(9)17(5)25(31)18(6)22(29)10)23(11)26(13)32-28-19(7)15(3)24(30)16(4)20(28)8/h12,30-31H,1-11H3. The van der Waals surface area contributed by atoms with Crippen LogP contribution in [0.25, 0.3) is 0 Å². The van der Waals surface area contributed by atoms with Gasteiger partial charge in [0.1, 0.15) is 34.5 Å². The monoisotopic (exact) mass is 448 g/mol. The molecule has 0 atom stereocenters. The van der Waals surface area contributed by atoms with Crippen LogP contribution in [0.15, 0.2) is 6.07 Å². The molecule has 3 aromatic carbocycles. The van der Waals surface area contributed by atoms with Crippen LogP contribution in [0.4, 0.5) is 0 Å². The molecule has 3 rings (SSSR count). The molecule has 0 bridgehead atoms. The lowest BCUT2D eigenvalue weighted by atomic mass is 9.97. The second-order valence-electron chi connectivity index (χ2n) is 9.35. The summed E-state index contributed by atoms with van der Waals surface area (Å²) in [5, 5.41) is 20.9. The summed E-state index contributed by atoms with van der Waals surface area (Å²) in [6.07, 6.45) is 0.